The van der Waals surface area contributed by atoms with Gasteiger partial charge in [0.05, 0.1) is 14.9 Å². The molecule has 3 heteroatoms. The van der Waals surface area contributed by atoms with Crippen molar-refractivity contribution in [1.29, 1.82) is 0 Å². The Kier molecular flexibility index (Phi) is 3.27. The van der Waals surface area contributed by atoms with Gasteiger partial charge in [-0.15, -0.1) is 11.6 Å². The number of allylic oxidation sites excluding steroid dienone is 1. The number of rotatable bonds is 2. The average Bonchev–Trinajstić information content (AvgIpc) is 2.77. The van der Waals surface area contributed by atoms with Crippen LogP contribution in [-0.4, -0.2) is 4.87 Å². The summed E-state index contributed by atoms with van der Waals surface area (Å²) in [5.74, 6) is 0.607. The second-order valence-corrected chi connectivity index (χ2v) is 6.69. The molecule has 0 aliphatic heterocycles. The molecule has 1 aromatic carbocycles. The lowest BCUT2D eigenvalue weighted by Crippen LogP contribution is -1.96. The summed E-state index contributed by atoms with van der Waals surface area (Å²) in [6.45, 7) is 10.0. The summed E-state index contributed by atoms with van der Waals surface area (Å²) in [5, 5.41) is 1.22. The van der Waals surface area contributed by atoms with Crippen LogP contribution in [0.3, 0.4) is 0 Å². The molecule has 0 bridgehead atoms. The van der Waals surface area contributed by atoms with Gasteiger partial charge in [0.15, 0.2) is 0 Å². The molecule has 1 aromatic rings. The summed E-state index contributed by atoms with van der Waals surface area (Å²) in [7, 11) is 0. The van der Waals surface area contributed by atoms with E-state index in [0.29, 0.717) is 16.0 Å². The van der Waals surface area contributed by atoms with Gasteiger partial charge in [0.1, 0.15) is 0 Å². The van der Waals surface area contributed by atoms with E-state index in [1.54, 1.807) is 0 Å². The minimum absolute atomic E-state index is 0.241. The van der Waals surface area contributed by atoms with Crippen LogP contribution in [0, 0.1) is 12.8 Å². The van der Waals surface area contributed by atoms with Crippen LogP contribution in [0.25, 0.3) is 0 Å². The molecule has 0 radical (unpaired) electrons. The molecule has 0 amide bonds. The summed E-state index contributed by atoms with van der Waals surface area (Å²) in [4.78, 5) is -0.241. The third-order valence-corrected chi connectivity index (χ3v) is 4.93. The van der Waals surface area contributed by atoms with Crippen molar-refractivity contribution in [3.63, 3.8) is 0 Å². The van der Waals surface area contributed by atoms with E-state index in [-0.39, 0.29) is 10.8 Å². The molecule has 17 heavy (non-hydrogen) atoms. The molecular formula is C14H15Cl3. The van der Waals surface area contributed by atoms with E-state index in [2.05, 4.69) is 19.6 Å². The minimum atomic E-state index is -0.241. The molecule has 0 aromatic heterocycles. The lowest BCUT2D eigenvalue weighted by atomic mass is 10.0. The molecule has 3 unspecified atom stereocenters. The number of halogens is 3. The highest BCUT2D eigenvalue weighted by Crippen LogP contribution is 2.64. The van der Waals surface area contributed by atoms with Crippen molar-refractivity contribution < 1.29 is 0 Å². The van der Waals surface area contributed by atoms with E-state index in [0.717, 1.165) is 16.7 Å². The van der Waals surface area contributed by atoms with Crippen LogP contribution in [0.5, 0.6) is 0 Å². The third-order valence-electron chi connectivity index (χ3n) is 3.56. The SMILES string of the molecule is C=C(C)C1C(c2cc(C)c(Cl)c(Cl)c2)C1(C)Cl. The first-order valence-electron chi connectivity index (χ1n) is 5.56. The Balaban J connectivity index is 2.41. The second kappa shape index (κ2) is 4.19. The maximum Gasteiger partial charge on any atom is 0.0621 e. The first-order chi connectivity index (χ1) is 7.76. The zero-order chi connectivity index (χ0) is 13.0. The number of hydrogen-bond donors (Lipinski definition) is 0. The first-order valence-corrected chi connectivity index (χ1v) is 6.70. The summed E-state index contributed by atoms with van der Waals surface area (Å²) < 4.78 is 0. The van der Waals surface area contributed by atoms with Gasteiger partial charge in [-0.1, -0.05) is 41.4 Å². The van der Waals surface area contributed by atoms with Crippen molar-refractivity contribution in [1.82, 2.24) is 0 Å². The van der Waals surface area contributed by atoms with E-state index in [9.17, 15) is 0 Å². The summed E-state index contributed by atoms with van der Waals surface area (Å²) >= 11 is 18.7. The maximum absolute atomic E-state index is 6.51. The third kappa shape index (κ3) is 2.12. The van der Waals surface area contributed by atoms with Crippen molar-refractivity contribution in [2.45, 2.75) is 31.6 Å². The molecule has 0 nitrogen and oxygen atoms in total. The van der Waals surface area contributed by atoms with Crippen LogP contribution < -0.4 is 0 Å². The Labute approximate surface area is 118 Å². The van der Waals surface area contributed by atoms with Crippen molar-refractivity contribution >= 4 is 34.8 Å². The average molecular weight is 290 g/mol. The van der Waals surface area contributed by atoms with Crippen LogP contribution in [0.2, 0.25) is 10.0 Å². The van der Waals surface area contributed by atoms with E-state index in [4.69, 9.17) is 34.8 Å². The monoisotopic (exact) mass is 288 g/mol. The number of aryl methyl sites for hydroxylation is 1. The molecule has 0 heterocycles. The van der Waals surface area contributed by atoms with Gasteiger partial charge in [-0.2, -0.15) is 0 Å². The van der Waals surface area contributed by atoms with Crippen LogP contribution in [0.15, 0.2) is 24.3 Å². The van der Waals surface area contributed by atoms with Crippen LogP contribution >= 0.6 is 34.8 Å². The van der Waals surface area contributed by atoms with Gasteiger partial charge in [0, 0.05) is 11.8 Å². The van der Waals surface area contributed by atoms with Crippen LogP contribution in [0.1, 0.15) is 30.9 Å². The fraction of sp³-hybridized carbons (Fsp3) is 0.429. The van der Waals surface area contributed by atoms with Gasteiger partial charge in [-0.3, -0.25) is 0 Å². The molecule has 2 rings (SSSR count). The molecule has 1 aliphatic rings. The quantitative estimate of drug-likeness (QED) is 0.492. The van der Waals surface area contributed by atoms with Crippen LogP contribution in [0.4, 0.5) is 0 Å². The smallest absolute Gasteiger partial charge is 0.0621 e. The van der Waals surface area contributed by atoms with E-state index in [1.165, 1.54) is 0 Å². The minimum Gasteiger partial charge on any atom is -0.118 e. The predicted molar refractivity (Wildman–Crippen MR) is 76.5 cm³/mol. The maximum atomic E-state index is 6.51. The molecule has 3 atom stereocenters. The lowest BCUT2D eigenvalue weighted by Gasteiger charge is -2.07. The van der Waals surface area contributed by atoms with Crippen molar-refractivity contribution in [2.75, 3.05) is 0 Å². The molecule has 0 spiro atoms. The van der Waals surface area contributed by atoms with Gasteiger partial charge >= 0.3 is 0 Å². The highest BCUT2D eigenvalue weighted by molar-refractivity contribution is 6.42. The van der Waals surface area contributed by atoms with Gasteiger partial charge in [-0.05, 0) is 38.0 Å². The van der Waals surface area contributed by atoms with Crippen molar-refractivity contribution in [2.24, 2.45) is 5.92 Å². The summed E-state index contributed by atoms with van der Waals surface area (Å²) in [6.07, 6.45) is 0. The Hall–Kier alpha value is -0.170. The zero-order valence-corrected chi connectivity index (χ0v) is 12.4. The normalized spacial score (nSPS) is 31.4. The zero-order valence-electron chi connectivity index (χ0n) is 10.2. The second-order valence-electron chi connectivity index (χ2n) is 5.09. The van der Waals surface area contributed by atoms with E-state index in [1.807, 2.05) is 19.9 Å². The van der Waals surface area contributed by atoms with Crippen molar-refractivity contribution in [3.05, 3.63) is 45.5 Å². The molecule has 1 saturated carbocycles. The summed E-state index contributed by atoms with van der Waals surface area (Å²) in [5.41, 5.74) is 3.27. The Morgan fingerprint density at radius 2 is 1.94 bits per heavy atom. The largest absolute Gasteiger partial charge is 0.118 e. The number of benzene rings is 1. The molecule has 1 aliphatic carbocycles. The predicted octanol–water partition coefficient (Wildman–Crippen LogP) is 5.59. The topological polar surface area (TPSA) is 0 Å². The Bertz CT molecular complexity index is 465. The van der Waals surface area contributed by atoms with E-state index >= 15 is 0 Å². The highest BCUT2D eigenvalue weighted by Gasteiger charge is 2.61. The summed E-state index contributed by atoms with van der Waals surface area (Å²) in [6, 6.07) is 3.99. The van der Waals surface area contributed by atoms with Gasteiger partial charge in [-0.25, -0.2) is 0 Å². The first kappa shape index (κ1) is 13.3. The molecule has 0 saturated heterocycles. The fourth-order valence-electron chi connectivity index (χ4n) is 2.70. The van der Waals surface area contributed by atoms with Gasteiger partial charge < -0.3 is 0 Å². The number of hydrogen-bond acceptors (Lipinski definition) is 0. The fourth-order valence-corrected chi connectivity index (χ4v) is 3.59. The van der Waals surface area contributed by atoms with Gasteiger partial charge in [0.2, 0.25) is 0 Å². The van der Waals surface area contributed by atoms with Crippen LogP contribution in [-0.2, 0) is 0 Å². The molecule has 0 N–H and O–H groups in total. The number of alkyl halides is 1. The Morgan fingerprint density at radius 3 is 2.35 bits per heavy atom. The Morgan fingerprint density at radius 1 is 1.35 bits per heavy atom. The van der Waals surface area contributed by atoms with Crippen molar-refractivity contribution in [3.8, 4) is 0 Å². The molecular weight excluding hydrogens is 275 g/mol. The molecule has 92 valence electrons. The highest BCUT2D eigenvalue weighted by atomic mass is 35.5. The van der Waals surface area contributed by atoms with E-state index < -0.39 is 0 Å². The standard InChI is InChI=1S/C14H15Cl3/c1-7(2)11-12(14(11,4)17)9-5-8(3)13(16)10(15)6-9/h5-6,11-12H,1H2,2-4H3. The van der Waals surface area contributed by atoms with Gasteiger partial charge in [0.25, 0.3) is 0 Å². The lowest BCUT2D eigenvalue weighted by molar-refractivity contribution is 0.894. The molecule has 1 fully saturated rings.